The first kappa shape index (κ1) is 14.2. The summed E-state index contributed by atoms with van der Waals surface area (Å²) in [6.45, 7) is 0.102. The third kappa shape index (κ3) is 3.64. The molecule has 2 aromatic heterocycles. The Morgan fingerprint density at radius 3 is 2.85 bits per heavy atom. The van der Waals surface area contributed by atoms with Crippen LogP contribution in [0.1, 0.15) is 10.4 Å². The highest BCUT2D eigenvalue weighted by Gasteiger charge is 2.09. The molecule has 0 bridgehead atoms. The highest BCUT2D eigenvalue weighted by molar-refractivity contribution is 9.10. The summed E-state index contributed by atoms with van der Waals surface area (Å²) in [5.74, 6) is -0.458. The topological polar surface area (TPSA) is 88.9 Å². The molecule has 0 spiro atoms. The van der Waals surface area contributed by atoms with Crippen molar-refractivity contribution in [1.82, 2.24) is 20.1 Å². The van der Waals surface area contributed by atoms with Gasteiger partial charge in [0.05, 0.1) is 17.4 Å². The number of aromatic nitrogens is 3. The molecule has 2 N–H and O–H groups in total. The second kappa shape index (κ2) is 6.29. The largest absolute Gasteiger partial charge is 0.358 e. The van der Waals surface area contributed by atoms with E-state index in [1.807, 2.05) is 0 Å². The average molecular weight is 338 g/mol. The van der Waals surface area contributed by atoms with E-state index in [0.29, 0.717) is 11.3 Å². The van der Waals surface area contributed by atoms with Crippen molar-refractivity contribution in [2.24, 2.45) is 0 Å². The first-order chi connectivity index (χ1) is 9.58. The van der Waals surface area contributed by atoms with Crippen LogP contribution in [0.15, 0.2) is 35.3 Å². The number of hydrogen-bond acceptors (Lipinski definition) is 4. The van der Waals surface area contributed by atoms with Crippen LogP contribution in [0.25, 0.3) is 0 Å². The number of carbonyl (C=O) groups is 2. The van der Waals surface area contributed by atoms with Gasteiger partial charge in [-0.2, -0.15) is 5.10 Å². The molecule has 0 aromatic carbocycles. The van der Waals surface area contributed by atoms with Crippen LogP contribution in [-0.4, -0.2) is 33.6 Å². The van der Waals surface area contributed by atoms with Crippen LogP contribution in [-0.2, 0) is 11.3 Å². The first-order valence-corrected chi connectivity index (χ1v) is 6.52. The molecule has 2 heterocycles. The van der Waals surface area contributed by atoms with Gasteiger partial charge in [0.2, 0.25) is 5.91 Å². The first-order valence-electron chi connectivity index (χ1n) is 5.73. The van der Waals surface area contributed by atoms with Gasteiger partial charge in [0.1, 0.15) is 6.54 Å². The Morgan fingerprint density at radius 1 is 1.35 bits per heavy atom. The van der Waals surface area contributed by atoms with Gasteiger partial charge in [0.15, 0.2) is 0 Å². The number of nitrogens with one attached hydrogen (secondary N) is 2. The molecule has 2 aromatic rings. The third-order valence-electron chi connectivity index (χ3n) is 2.44. The standard InChI is InChI=1S/C12H12BrN5O2/c1-14-11(19)7-18-6-10(5-16-18)17-12(20)8-2-9(13)4-15-3-8/h2-6H,7H2,1H3,(H,14,19)(H,17,20). The summed E-state index contributed by atoms with van der Waals surface area (Å²) in [5.41, 5.74) is 0.942. The van der Waals surface area contributed by atoms with Crippen LogP contribution < -0.4 is 10.6 Å². The Bertz CT molecular complexity index is 640. The molecule has 2 rings (SSSR count). The Hall–Kier alpha value is -2.22. The number of carbonyl (C=O) groups excluding carboxylic acids is 2. The third-order valence-corrected chi connectivity index (χ3v) is 2.88. The van der Waals surface area contributed by atoms with E-state index in [2.05, 4.69) is 36.6 Å². The van der Waals surface area contributed by atoms with Gasteiger partial charge in [0, 0.05) is 30.1 Å². The van der Waals surface area contributed by atoms with Crippen molar-refractivity contribution in [2.45, 2.75) is 6.54 Å². The van der Waals surface area contributed by atoms with E-state index in [4.69, 9.17) is 0 Å². The fourth-order valence-corrected chi connectivity index (χ4v) is 1.84. The van der Waals surface area contributed by atoms with Gasteiger partial charge >= 0.3 is 0 Å². The molecule has 0 fully saturated rings. The highest BCUT2D eigenvalue weighted by Crippen LogP contribution is 2.12. The minimum Gasteiger partial charge on any atom is -0.358 e. The molecule has 0 atom stereocenters. The van der Waals surface area contributed by atoms with Gasteiger partial charge < -0.3 is 10.6 Å². The fraction of sp³-hybridized carbons (Fsp3) is 0.167. The van der Waals surface area contributed by atoms with Gasteiger partial charge in [-0.05, 0) is 22.0 Å². The molecule has 0 aliphatic rings. The van der Waals surface area contributed by atoms with E-state index >= 15 is 0 Å². The van der Waals surface area contributed by atoms with Crippen molar-refractivity contribution in [2.75, 3.05) is 12.4 Å². The molecule has 0 aliphatic heterocycles. The maximum atomic E-state index is 12.0. The van der Waals surface area contributed by atoms with Crippen LogP contribution in [0, 0.1) is 0 Å². The van der Waals surface area contributed by atoms with Crippen LogP contribution in [0.4, 0.5) is 5.69 Å². The van der Waals surface area contributed by atoms with Crippen LogP contribution >= 0.6 is 15.9 Å². The number of halogens is 1. The van der Waals surface area contributed by atoms with Gasteiger partial charge in [-0.25, -0.2) is 0 Å². The number of likely N-dealkylation sites (N-methyl/N-ethyl adjacent to an activating group) is 1. The van der Waals surface area contributed by atoms with E-state index in [-0.39, 0.29) is 18.4 Å². The van der Waals surface area contributed by atoms with Gasteiger partial charge in [-0.1, -0.05) is 0 Å². The van der Waals surface area contributed by atoms with Crippen LogP contribution in [0.5, 0.6) is 0 Å². The molecule has 0 saturated heterocycles. The normalized spacial score (nSPS) is 10.1. The molecule has 0 radical (unpaired) electrons. The summed E-state index contributed by atoms with van der Waals surface area (Å²) in [6, 6.07) is 1.66. The zero-order valence-corrected chi connectivity index (χ0v) is 12.2. The zero-order chi connectivity index (χ0) is 14.5. The van der Waals surface area contributed by atoms with Crippen molar-refractivity contribution in [3.63, 3.8) is 0 Å². The van der Waals surface area contributed by atoms with Crippen molar-refractivity contribution >= 4 is 33.4 Å². The Kier molecular flexibility index (Phi) is 4.46. The van der Waals surface area contributed by atoms with Crippen LogP contribution in [0.3, 0.4) is 0 Å². The quantitative estimate of drug-likeness (QED) is 0.872. The Labute approximate surface area is 123 Å². The van der Waals surface area contributed by atoms with Gasteiger partial charge in [-0.15, -0.1) is 0 Å². The lowest BCUT2D eigenvalue weighted by Crippen LogP contribution is -2.23. The lowest BCUT2D eigenvalue weighted by atomic mass is 10.2. The van der Waals surface area contributed by atoms with E-state index in [0.717, 1.165) is 4.47 Å². The molecule has 8 heteroatoms. The predicted octanol–water partition coefficient (Wildman–Crippen LogP) is 1.04. The molecule has 0 unspecified atom stereocenters. The number of pyridine rings is 1. The van der Waals surface area contributed by atoms with Crippen LogP contribution in [0.2, 0.25) is 0 Å². The summed E-state index contributed by atoms with van der Waals surface area (Å²) in [6.07, 6.45) is 6.12. The summed E-state index contributed by atoms with van der Waals surface area (Å²) in [4.78, 5) is 27.1. The average Bonchev–Trinajstić information content (AvgIpc) is 2.85. The summed E-state index contributed by atoms with van der Waals surface area (Å²) in [7, 11) is 1.55. The number of anilines is 1. The van der Waals surface area contributed by atoms with E-state index in [9.17, 15) is 9.59 Å². The van der Waals surface area contributed by atoms with Crippen molar-refractivity contribution in [1.29, 1.82) is 0 Å². The zero-order valence-electron chi connectivity index (χ0n) is 10.6. The smallest absolute Gasteiger partial charge is 0.257 e. The molecule has 0 saturated carbocycles. The summed E-state index contributed by atoms with van der Waals surface area (Å²) < 4.78 is 2.16. The SMILES string of the molecule is CNC(=O)Cn1cc(NC(=O)c2cncc(Br)c2)cn1. The van der Waals surface area contributed by atoms with Gasteiger partial charge in [-0.3, -0.25) is 19.3 Å². The second-order valence-electron chi connectivity index (χ2n) is 3.95. The summed E-state index contributed by atoms with van der Waals surface area (Å²) in [5, 5.41) is 9.16. The maximum absolute atomic E-state index is 12.0. The number of nitrogens with zero attached hydrogens (tertiary/aromatic N) is 3. The van der Waals surface area contributed by atoms with E-state index in [1.54, 1.807) is 25.5 Å². The second-order valence-corrected chi connectivity index (χ2v) is 4.86. The van der Waals surface area contributed by atoms with Gasteiger partial charge in [0.25, 0.3) is 5.91 Å². The lowest BCUT2D eigenvalue weighted by Gasteiger charge is -2.02. The lowest BCUT2D eigenvalue weighted by molar-refractivity contribution is -0.121. The molecule has 0 aliphatic carbocycles. The van der Waals surface area contributed by atoms with E-state index < -0.39 is 0 Å². The van der Waals surface area contributed by atoms with Crippen molar-refractivity contribution in [3.05, 3.63) is 40.9 Å². The number of amides is 2. The molecule has 2 amide bonds. The maximum Gasteiger partial charge on any atom is 0.257 e. The van der Waals surface area contributed by atoms with Crippen molar-refractivity contribution in [3.8, 4) is 0 Å². The molecule has 104 valence electrons. The monoisotopic (exact) mass is 337 g/mol. The van der Waals surface area contributed by atoms with E-state index in [1.165, 1.54) is 17.1 Å². The van der Waals surface area contributed by atoms with Crippen molar-refractivity contribution < 1.29 is 9.59 Å². The predicted molar refractivity (Wildman–Crippen MR) is 76.2 cm³/mol. The Morgan fingerprint density at radius 2 is 2.15 bits per heavy atom. The molecular formula is C12H12BrN5O2. The number of rotatable bonds is 4. The highest BCUT2D eigenvalue weighted by atomic mass is 79.9. The molecular weight excluding hydrogens is 326 g/mol. The Balaban J connectivity index is 2.03. The minimum atomic E-state index is -0.293. The fourth-order valence-electron chi connectivity index (χ4n) is 1.48. The number of hydrogen-bond donors (Lipinski definition) is 2. The molecule has 20 heavy (non-hydrogen) atoms. The summed E-state index contributed by atoms with van der Waals surface area (Å²) >= 11 is 3.25. The molecule has 7 nitrogen and oxygen atoms in total. The minimum absolute atomic E-state index is 0.102.